The lowest BCUT2D eigenvalue weighted by Crippen LogP contribution is -2.28. The third-order valence-corrected chi connectivity index (χ3v) is 3.41. The maximum Gasteiger partial charge on any atom is 0.0632 e. The fraction of sp³-hybridized carbons (Fsp3) is 0.571. The number of likely N-dealkylation sites (tertiary alicyclic amines) is 1. The zero-order valence-electron chi connectivity index (χ0n) is 10.0. The molecule has 1 unspecified atom stereocenters. The molecule has 1 heterocycles. The Bertz CT molecular complexity index is 321. The summed E-state index contributed by atoms with van der Waals surface area (Å²) in [5.41, 5.74) is 0.912. The van der Waals surface area contributed by atoms with Crippen LogP contribution in [0.1, 0.15) is 31.7 Å². The lowest BCUT2D eigenvalue weighted by molar-refractivity contribution is 0.0444. The van der Waals surface area contributed by atoms with Gasteiger partial charge in [-0.15, -0.1) is 0 Å². The molecule has 1 atom stereocenters. The summed E-state index contributed by atoms with van der Waals surface area (Å²) < 4.78 is 0. The predicted octanol–water partition coefficient (Wildman–Crippen LogP) is 2.42. The summed E-state index contributed by atoms with van der Waals surface area (Å²) in [6.45, 7) is 5.07. The highest BCUT2D eigenvalue weighted by atomic mass is 16.3. The zero-order valence-corrected chi connectivity index (χ0v) is 10.0. The molecule has 0 saturated carbocycles. The predicted molar refractivity (Wildman–Crippen MR) is 66.2 cm³/mol. The standard InChI is InChI=1S/C14H21NO/c1-14(16)8-5-10-15(11-9-14)12-13-6-3-2-4-7-13/h2-4,6-7,16H,5,8-12H2,1H3. The Kier molecular flexibility index (Phi) is 3.62. The van der Waals surface area contributed by atoms with Gasteiger partial charge in [-0.3, -0.25) is 4.90 Å². The molecule has 0 amide bonds. The molecule has 0 radical (unpaired) electrons. The lowest BCUT2D eigenvalue weighted by Gasteiger charge is -2.22. The van der Waals surface area contributed by atoms with Gasteiger partial charge in [0, 0.05) is 13.1 Å². The van der Waals surface area contributed by atoms with Gasteiger partial charge < -0.3 is 5.11 Å². The molecule has 1 fully saturated rings. The van der Waals surface area contributed by atoms with E-state index in [1.807, 2.05) is 6.92 Å². The Balaban J connectivity index is 1.92. The molecule has 1 saturated heterocycles. The highest BCUT2D eigenvalue weighted by molar-refractivity contribution is 5.14. The number of hydrogen-bond donors (Lipinski definition) is 1. The van der Waals surface area contributed by atoms with E-state index in [-0.39, 0.29) is 0 Å². The topological polar surface area (TPSA) is 23.5 Å². The molecule has 0 spiro atoms. The number of hydrogen-bond acceptors (Lipinski definition) is 2. The van der Waals surface area contributed by atoms with E-state index in [1.54, 1.807) is 0 Å². The highest BCUT2D eigenvalue weighted by Gasteiger charge is 2.24. The minimum Gasteiger partial charge on any atom is -0.390 e. The fourth-order valence-electron chi connectivity index (χ4n) is 2.32. The van der Waals surface area contributed by atoms with Crippen LogP contribution in [0, 0.1) is 0 Å². The molecule has 1 aromatic carbocycles. The molecule has 0 bridgehead atoms. The highest BCUT2D eigenvalue weighted by Crippen LogP contribution is 2.22. The molecule has 2 rings (SSSR count). The Labute approximate surface area is 97.9 Å². The second-order valence-electron chi connectivity index (χ2n) is 5.11. The van der Waals surface area contributed by atoms with Gasteiger partial charge >= 0.3 is 0 Å². The minimum absolute atomic E-state index is 0.453. The van der Waals surface area contributed by atoms with E-state index >= 15 is 0 Å². The maximum atomic E-state index is 10.0. The first kappa shape index (κ1) is 11.6. The monoisotopic (exact) mass is 219 g/mol. The van der Waals surface area contributed by atoms with Crippen molar-refractivity contribution in [3.63, 3.8) is 0 Å². The summed E-state index contributed by atoms with van der Waals surface area (Å²) in [5, 5.41) is 10.0. The van der Waals surface area contributed by atoms with Crippen molar-refractivity contribution in [1.82, 2.24) is 4.90 Å². The molecule has 88 valence electrons. The lowest BCUT2D eigenvalue weighted by atomic mass is 9.98. The smallest absolute Gasteiger partial charge is 0.0632 e. The summed E-state index contributed by atoms with van der Waals surface area (Å²) in [5.74, 6) is 0. The van der Waals surface area contributed by atoms with Crippen LogP contribution in [0.15, 0.2) is 30.3 Å². The van der Waals surface area contributed by atoms with Crippen molar-refractivity contribution < 1.29 is 5.11 Å². The first-order valence-corrected chi connectivity index (χ1v) is 6.14. The average molecular weight is 219 g/mol. The average Bonchev–Trinajstić information content (AvgIpc) is 2.42. The minimum atomic E-state index is -0.453. The van der Waals surface area contributed by atoms with Crippen LogP contribution in [0.2, 0.25) is 0 Å². The van der Waals surface area contributed by atoms with Crippen LogP contribution in [-0.2, 0) is 6.54 Å². The zero-order chi connectivity index (χ0) is 11.4. The molecule has 0 aromatic heterocycles. The molecular weight excluding hydrogens is 198 g/mol. The van der Waals surface area contributed by atoms with Crippen LogP contribution in [0.4, 0.5) is 0 Å². The molecule has 1 aliphatic heterocycles. The van der Waals surface area contributed by atoms with Crippen LogP contribution >= 0.6 is 0 Å². The van der Waals surface area contributed by atoms with Gasteiger partial charge in [-0.2, -0.15) is 0 Å². The van der Waals surface area contributed by atoms with Gasteiger partial charge in [0.05, 0.1) is 5.60 Å². The van der Waals surface area contributed by atoms with Gasteiger partial charge in [0.15, 0.2) is 0 Å². The number of nitrogens with zero attached hydrogens (tertiary/aromatic N) is 1. The van der Waals surface area contributed by atoms with E-state index in [0.29, 0.717) is 0 Å². The van der Waals surface area contributed by atoms with Crippen LogP contribution in [0.25, 0.3) is 0 Å². The van der Waals surface area contributed by atoms with Crippen LogP contribution in [0.5, 0.6) is 0 Å². The van der Waals surface area contributed by atoms with Gasteiger partial charge in [0.2, 0.25) is 0 Å². The van der Waals surface area contributed by atoms with Gasteiger partial charge in [-0.25, -0.2) is 0 Å². The van der Waals surface area contributed by atoms with Crippen LogP contribution in [-0.4, -0.2) is 28.7 Å². The number of aliphatic hydroxyl groups is 1. The quantitative estimate of drug-likeness (QED) is 0.825. The molecule has 16 heavy (non-hydrogen) atoms. The van der Waals surface area contributed by atoms with Gasteiger partial charge in [0.25, 0.3) is 0 Å². The van der Waals surface area contributed by atoms with Crippen molar-refractivity contribution in [1.29, 1.82) is 0 Å². The Hall–Kier alpha value is -0.860. The molecule has 0 aliphatic carbocycles. The van der Waals surface area contributed by atoms with Crippen LogP contribution in [0.3, 0.4) is 0 Å². The summed E-state index contributed by atoms with van der Waals surface area (Å²) in [6.07, 6.45) is 2.91. The normalized spacial score (nSPS) is 27.6. The SMILES string of the molecule is CC1(O)CCCN(Cc2ccccc2)CC1. The number of rotatable bonds is 2. The third-order valence-electron chi connectivity index (χ3n) is 3.41. The summed E-state index contributed by atoms with van der Waals surface area (Å²) in [6, 6.07) is 10.6. The summed E-state index contributed by atoms with van der Waals surface area (Å²) in [4.78, 5) is 2.44. The van der Waals surface area contributed by atoms with Gasteiger partial charge in [-0.1, -0.05) is 30.3 Å². The van der Waals surface area contributed by atoms with E-state index in [9.17, 15) is 5.11 Å². The third kappa shape index (κ3) is 3.32. The first-order valence-electron chi connectivity index (χ1n) is 6.14. The van der Waals surface area contributed by atoms with Gasteiger partial charge in [0.1, 0.15) is 0 Å². The van der Waals surface area contributed by atoms with Crippen molar-refractivity contribution >= 4 is 0 Å². The summed E-state index contributed by atoms with van der Waals surface area (Å²) in [7, 11) is 0. The van der Waals surface area contributed by atoms with E-state index in [4.69, 9.17) is 0 Å². The van der Waals surface area contributed by atoms with E-state index in [2.05, 4.69) is 35.2 Å². The van der Waals surface area contributed by atoms with E-state index in [1.165, 1.54) is 5.56 Å². The van der Waals surface area contributed by atoms with Crippen molar-refractivity contribution in [2.45, 2.75) is 38.3 Å². The second kappa shape index (κ2) is 4.98. The Morgan fingerprint density at radius 2 is 1.94 bits per heavy atom. The van der Waals surface area contributed by atoms with Gasteiger partial charge in [-0.05, 0) is 38.3 Å². The van der Waals surface area contributed by atoms with Crippen molar-refractivity contribution in [2.75, 3.05) is 13.1 Å². The van der Waals surface area contributed by atoms with Crippen LogP contribution < -0.4 is 0 Å². The first-order chi connectivity index (χ1) is 7.66. The second-order valence-corrected chi connectivity index (χ2v) is 5.11. The molecule has 2 nitrogen and oxygen atoms in total. The Morgan fingerprint density at radius 1 is 1.19 bits per heavy atom. The van der Waals surface area contributed by atoms with Crippen molar-refractivity contribution in [3.05, 3.63) is 35.9 Å². The molecule has 1 N–H and O–H groups in total. The molecule has 1 aliphatic rings. The summed E-state index contributed by atoms with van der Waals surface area (Å²) >= 11 is 0. The Morgan fingerprint density at radius 3 is 2.69 bits per heavy atom. The van der Waals surface area contributed by atoms with Crippen molar-refractivity contribution in [2.24, 2.45) is 0 Å². The van der Waals surface area contributed by atoms with E-state index < -0.39 is 5.60 Å². The number of benzene rings is 1. The molecule has 2 heteroatoms. The molecular formula is C14H21NO. The maximum absolute atomic E-state index is 10.0. The van der Waals surface area contributed by atoms with Crippen molar-refractivity contribution in [3.8, 4) is 0 Å². The molecule has 1 aromatic rings. The van der Waals surface area contributed by atoms with E-state index in [0.717, 1.165) is 38.9 Å². The fourth-order valence-corrected chi connectivity index (χ4v) is 2.32. The largest absolute Gasteiger partial charge is 0.390 e.